The van der Waals surface area contributed by atoms with Crippen LogP contribution in [0.3, 0.4) is 0 Å². The SMILES string of the molecule is CO[C@@H](C)c1ncccc1-c1c2c3cc(ccc3n1C1CC(C#N)C1)-c1coc(n1)[C@@H](N1CC3(COC3)C1)[C@H](NC(=O)OC(C)(C)C)C(=O)N1CCC[C@H](N1)C(=O)OCC(C)(C)C2. The molecule has 9 rings (SSSR count). The van der Waals surface area contributed by atoms with Gasteiger partial charge in [0.05, 0.1) is 49.3 Å². The van der Waals surface area contributed by atoms with Gasteiger partial charge < -0.3 is 33.2 Å². The second-order valence-electron chi connectivity index (χ2n) is 20.0. The Morgan fingerprint density at radius 1 is 1.13 bits per heavy atom. The van der Waals surface area contributed by atoms with Gasteiger partial charge in [0.1, 0.15) is 35.7 Å². The topological polar surface area (TPSA) is 186 Å². The minimum absolute atomic E-state index is 0.0442. The maximum atomic E-state index is 14.9. The van der Waals surface area contributed by atoms with E-state index in [2.05, 4.69) is 58.3 Å². The van der Waals surface area contributed by atoms with Crippen LogP contribution in [0.2, 0.25) is 0 Å². The van der Waals surface area contributed by atoms with Crippen molar-refractivity contribution in [2.75, 3.05) is 46.6 Å². The Balaban J connectivity index is 1.22. The first-order chi connectivity index (χ1) is 30.1. The standard InChI is InChI=1S/C47H58N8O8/c1-27(59-7)37-31(10-8-14-49-37)39-33-19-46(5,6)24-62-43(57)34-11-9-15-54(52-34)42(56)38(51-44(58)63-45(2,3)4)40(53-22-47(23-53)25-60-26-47)41-50-35(21-61-41)29-12-13-36(32(33)18-29)55(39)30-16-28(17-30)20-48/h8,10,12-14,18,21,27-28,30,34,38,40,52H,9,11,15-17,19,22-26H2,1-7H3,(H,51,58)/t27-,28?,30?,34-,38-,40-/m0/s1. The molecule has 2 amide bonds. The number of likely N-dealkylation sites (tertiary alicyclic amines) is 1. The molecule has 7 heterocycles. The number of oxazole rings is 1. The van der Waals surface area contributed by atoms with E-state index >= 15 is 0 Å². The summed E-state index contributed by atoms with van der Waals surface area (Å²) < 4.78 is 32.1. The molecule has 4 aliphatic heterocycles. The number of rotatable bonds is 6. The van der Waals surface area contributed by atoms with Crippen molar-refractivity contribution in [3.63, 3.8) is 0 Å². The highest BCUT2D eigenvalue weighted by molar-refractivity contribution is 5.95. The zero-order valence-electron chi connectivity index (χ0n) is 37.2. The molecule has 4 atom stereocenters. The van der Waals surface area contributed by atoms with Crippen molar-refractivity contribution in [1.29, 1.82) is 5.26 Å². The maximum absolute atomic E-state index is 14.9. The normalized spacial score (nSPS) is 26.4. The molecule has 3 saturated heterocycles. The molecule has 2 N–H and O–H groups in total. The minimum Gasteiger partial charge on any atom is -0.464 e. The van der Waals surface area contributed by atoms with E-state index in [1.807, 2.05) is 19.1 Å². The fraction of sp³-hybridized carbons (Fsp3) is 0.574. The van der Waals surface area contributed by atoms with Crippen molar-refractivity contribution in [2.45, 2.75) is 110 Å². The first-order valence-corrected chi connectivity index (χ1v) is 22.1. The van der Waals surface area contributed by atoms with Crippen molar-refractivity contribution in [2.24, 2.45) is 16.7 Å². The molecule has 3 aromatic heterocycles. The van der Waals surface area contributed by atoms with E-state index in [4.69, 9.17) is 33.3 Å². The third kappa shape index (κ3) is 8.20. The molecule has 16 nitrogen and oxygen atoms in total. The highest BCUT2D eigenvalue weighted by Gasteiger charge is 2.55. The van der Waals surface area contributed by atoms with Crippen LogP contribution in [0, 0.1) is 28.1 Å². The number of benzene rings is 1. The Hall–Kier alpha value is -5.34. The molecule has 4 fully saturated rings. The summed E-state index contributed by atoms with van der Waals surface area (Å²) in [7, 11) is 1.68. The molecular formula is C47H58N8O8. The molecule has 334 valence electrons. The Labute approximate surface area is 367 Å². The van der Waals surface area contributed by atoms with Crippen LogP contribution >= 0.6 is 0 Å². The fourth-order valence-electron chi connectivity index (χ4n) is 9.89. The van der Waals surface area contributed by atoms with Crippen LogP contribution in [0.4, 0.5) is 4.79 Å². The van der Waals surface area contributed by atoms with Gasteiger partial charge in [0.2, 0.25) is 5.89 Å². The van der Waals surface area contributed by atoms with Gasteiger partial charge in [-0.3, -0.25) is 24.5 Å². The monoisotopic (exact) mass is 862 g/mol. The molecule has 1 spiro atoms. The van der Waals surface area contributed by atoms with E-state index in [0.29, 0.717) is 70.6 Å². The van der Waals surface area contributed by atoms with Crippen LogP contribution in [0.15, 0.2) is 47.2 Å². The van der Waals surface area contributed by atoms with Crippen molar-refractivity contribution < 1.29 is 37.7 Å². The predicted octanol–water partition coefficient (Wildman–Crippen LogP) is 6.43. The van der Waals surface area contributed by atoms with Crippen molar-refractivity contribution in [3.05, 3.63) is 59.9 Å². The Bertz CT molecular complexity index is 2450. The average molecular weight is 863 g/mol. The third-order valence-electron chi connectivity index (χ3n) is 13.2. The molecule has 0 radical (unpaired) electrons. The number of aromatic nitrogens is 3. The highest BCUT2D eigenvalue weighted by atomic mass is 16.6. The number of alkyl carbamates (subject to hydrolysis) is 1. The summed E-state index contributed by atoms with van der Waals surface area (Å²) in [5.74, 6) is -0.707. The van der Waals surface area contributed by atoms with Crippen LogP contribution in [0.25, 0.3) is 33.4 Å². The third-order valence-corrected chi connectivity index (χ3v) is 13.2. The summed E-state index contributed by atoms with van der Waals surface area (Å²) in [6.07, 6.45) is 5.27. The number of esters is 1. The van der Waals surface area contributed by atoms with Gasteiger partial charge in [-0.1, -0.05) is 19.9 Å². The molecule has 5 aliphatic rings. The van der Waals surface area contributed by atoms with Gasteiger partial charge in [0.15, 0.2) is 0 Å². The Morgan fingerprint density at radius 3 is 2.60 bits per heavy atom. The molecule has 1 aromatic carbocycles. The summed E-state index contributed by atoms with van der Waals surface area (Å²) in [5, 5.41) is 15.2. The number of carbonyl (C=O) groups is 3. The van der Waals surface area contributed by atoms with Gasteiger partial charge >= 0.3 is 12.1 Å². The Kier molecular flexibility index (Phi) is 11.1. The number of cyclic esters (lactones) is 1. The van der Waals surface area contributed by atoms with Gasteiger partial charge in [0, 0.05) is 71.8 Å². The molecule has 1 saturated carbocycles. The number of methoxy groups -OCH3 is 1. The number of pyridine rings is 1. The predicted molar refractivity (Wildman–Crippen MR) is 231 cm³/mol. The van der Waals surface area contributed by atoms with Gasteiger partial charge in [-0.15, -0.1) is 0 Å². The van der Waals surface area contributed by atoms with Crippen LogP contribution in [0.5, 0.6) is 0 Å². The van der Waals surface area contributed by atoms with E-state index in [1.165, 1.54) is 5.01 Å². The lowest BCUT2D eigenvalue weighted by Crippen LogP contribution is -2.70. The quantitative estimate of drug-likeness (QED) is 0.202. The number of fused-ring (bicyclic) bond motifs is 6. The first kappa shape index (κ1) is 42.9. The van der Waals surface area contributed by atoms with Crippen molar-refractivity contribution in [3.8, 4) is 28.6 Å². The van der Waals surface area contributed by atoms with Crippen LogP contribution < -0.4 is 10.7 Å². The van der Waals surface area contributed by atoms with Gasteiger partial charge in [-0.2, -0.15) is 5.26 Å². The smallest absolute Gasteiger partial charge is 0.408 e. The summed E-state index contributed by atoms with van der Waals surface area (Å²) in [5.41, 5.74) is 7.86. The van der Waals surface area contributed by atoms with Gasteiger partial charge in [-0.25, -0.2) is 15.2 Å². The number of nitrogens with one attached hydrogen (secondary N) is 2. The maximum Gasteiger partial charge on any atom is 0.408 e. The van der Waals surface area contributed by atoms with Crippen LogP contribution in [-0.2, 0) is 35.0 Å². The number of amides is 2. The Morgan fingerprint density at radius 2 is 1.90 bits per heavy atom. The molecule has 4 aromatic rings. The lowest BCUT2D eigenvalue weighted by atomic mass is 9.76. The van der Waals surface area contributed by atoms with Crippen molar-refractivity contribution >= 4 is 28.9 Å². The molecule has 16 heteroatoms. The van der Waals surface area contributed by atoms with E-state index in [-0.39, 0.29) is 36.0 Å². The second-order valence-corrected chi connectivity index (χ2v) is 20.0. The zero-order chi connectivity index (χ0) is 44.4. The number of nitriles is 1. The lowest BCUT2D eigenvalue weighted by molar-refractivity contribution is -0.204. The average Bonchev–Trinajstić information content (AvgIpc) is 3.81. The molecule has 63 heavy (non-hydrogen) atoms. The molecule has 1 aliphatic carbocycles. The number of ether oxygens (including phenoxy) is 4. The molecular weight excluding hydrogens is 805 g/mol. The first-order valence-electron chi connectivity index (χ1n) is 22.1. The van der Waals surface area contributed by atoms with Crippen LogP contribution in [0.1, 0.15) is 103 Å². The van der Waals surface area contributed by atoms with E-state index < -0.39 is 47.1 Å². The number of hydrazine groups is 1. The van der Waals surface area contributed by atoms with E-state index in [9.17, 15) is 19.6 Å². The number of carbonyl (C=O) groups excluding carboxylic acids is 3. The minimum atomic E-state index is -1.21. The number of hydrogen-bond donors (Lipinski definition) is 2. The largest absolute Gasteiger partial charge is 0.464 e. The number of hydrogen-bond acceptors (Lipinski definition) is 13. The van der Waals surface area contributed by atoms with E-state index in [0.717, 1.165) is 39.0 Å². The second kappa shape index (κ2) is 16.3. The zero-order valence-corrected chi connectivity index (χ0v) is 37.2. The van der Waals surface area contributed by atoms with Gasteiger partial charge in [-0.05, 0) is 89.6 Å². The summed E-state index contributed by atoms with van der Waals surface area (Å²) in [6, 6.07) is 9.99. The van der Waals surface area contributed by atoms with Gasteiger partial charge in [0.25, 0.3) is 5.91 Å². The van der Waals surface area contributed by atoms with E-state index in [1.54, 1.807) is 40.3 Å². The fourth-order valence-corrected chi connectivity index (χ4v) is 9.89. The number of nitrogens with zero attached hydrogens (tertiary/aromatic N) is 6. The summed E-state index contributed by atoms with van der Waals surface area (Å²) >= 11 is 0. The highest BCUT2D eigenvalue weighted by Crippen LogP contribution is 2.49. The molecule has 0 unspecified atom stereocenters. The van der Waals surface area contributed by atoms with Crippen molar-refractivity contribution in [1.82, 2.24) is 35.2 Å². The summed E-state index contributed by atoms with van der Waals surface area (Å²) in [6.45, 7) is 14.3. The van der Waals surface area contributed by atoms with Crippen LogP contribution in [-0.4, -0.2) is 107 Å². The summed E-state index contributed by atoms with van der Waals surface area (Å²) in [4.78, 5) is 54.6. The lowest BCUT2D eigenvalue weighted by Gasteiger charge is -2.57. The molecule has 6 bridgehead atoms.